The van der Waals surface area contributed by atoms with Crippen molar-refractivity contribution in [2.75, 3.05) is 24.6 Å². The van der Waals surface area contributed by atoms with Crippen LogP contribution in [0, 0.1) is 5.41 Å². The predicted molar refractivity (Wildman–Crippen MR) is 202 cm³/mol. The van der Waals surface area contributed by atoms with E-state index in [9.17, 15) is 38.9 Å². The number of allylic oxidation sites excluding steroid dienone is 10. The molecular weight excluding hydrogens is 831 g/mol. The summed E-state index contributed by atoms with van der Waals surface area (Å²) in [6, 6.07) is 4.22. The van der Waals surface area contributed by atoms with Crippen LogP contribution in [0.5, 0.6) is 0 Å². The van der Waals surface area contributed by atoms with Crippen molar-refractivity contribution in [1.29, 1.82) is 0 Å². The maximum absolute atomic E-state index is 11.9. The van der Waals surface area contributed by atoms with Crippen LogP contribution in [0.2, 0.25) is 0 Å². The molecular formula is C36H41Cl2N3Na2O9S3. The molecule has 0 saturated heterocycles. The van der Waals surface area contributed by atoms with E-state index in [0.717, 1.165) is 28.1 Å². The van der Waals surface area contributed by atoms with Crippen molar-refractivity contribution in [2.45, 2.75) is 76.5 Å². The quantitative estimate of drug-likeness (QED) is 0.107. The number of benzene rings is 1. The number of rotatable bonds is 14. The van der Waals surface area contributed by atoms with Crippen molar-refractivity contribution in [3.63, 3.8) is 0 Å². The standard InChI is InChI=1S/C36H43Cl2N3O9S3.2Na/c1-35(2)29-21-26(37)23-40(17-5-7-19-51(42,43)44)34(29)39-31(35)15-11-24-9-10-25(33(24)38)12-16-32-36(3,4)28-22-27(53(48,49)50)13-14-30(28)41(32)18-6-8-20-52(45,46)47;;/h11-16,21-23H,5-10,17-20H2,1-4H3,(H2-,42,43,44,45,46,47,48,49,50);;/q;2*+1/p-2. The topological polar surface area (TPSA) is 190 Å². The summed E-state index contributed by atoms with van der Waals surface area (Å²) in [5, 5.41) is 1.09. The molecule has 4 aliphatic rings. The van der Waals surface area contributed by atoms with Crippen LogP contribution in [-0.2, 0) is 35.8 Å². The minimum atomic E-state index is -4.71. The molecule has 0 saturated carbocycles. The van der Waals surface area contributed by atoms with E-state index in [4.69, 9.17) is 28.2 Å². The average Bonchev–Trinajstić information content (AvgIpc) is 3.59. The van der Waals surface area contributed by atoms with E-state index < -0.39 is 52.7 Å². The van der Waals surface area contributed by atoms with Gasteiger partial charge in [-0.1, -0.05) is 49.2 Å². The predicted octanol–water partition coefficient (Wildman–Crippen LogP) is 0.0394. The van der Waals surface area contributed by atoms with Crippen LogP contribution in [0.4, 0.5) is 5.69 Å². The molecule has 0 atom stereocenters. The largest absolute Gasteiger partial charge is 1.00 e. The van der Waals surface area contributed by atoms with Crippen LogP contribution < -0.4 is 59.1 Å². The van der Waals surface area contributed by atoms with E-state index in [0.29, 0.717) is 65.9 Å². The third-order valence-electron chi connectivity index (χ3n) is 9.95. The molecule has 1 aromatic carbocycles. The zero-order valence-corrected chi connectivity index (χ0v) is 39.7. The molecule has 3 aliphatic heterocycles. The van der Waals surface area contributed by atoms with Crippen molar-refractivity contribution in [3.05, 3.63) is 92.8 Å². The van der Waals surface area contributed by atoms with Gasteiger partial charge in [0.15, 0.2) is 5.71 Å². The Balaban J connectivity index is 0.00000406. The Morgan fingerprint density at radius 3 is 2.11 bits per heavy atom. The van der Waals surface area contributed by atoms with Gasteiger partial charge in [0.2, 0.25) is 5.69 Å². The van der Waals surface area contributed by atoms with Crippen molar-refractivity contribution in [3.8, 4) is 0 Å². The molecule has 0 unspecified atom stereocenters. The van der Waals surface area contributed by atoms with Crippen molar-refractivity contribution in [1.82, 2.24) is 4.90 Å². The van der Waals surface area contributed by atoms with Crippen LogP contribution in [-0.4, -0.2) is 84.5 Å². The monoisotopic (exact) mass is 871 g/mol. The first-order chi connectivity index (χ1) is 24.5. The van der Waals surface area contributed by atoms with Crippen LogP contribution in [0.25, 0.3) is 0 Å². The first-order valence-electron chi connectivity index (χ1n) is 17.1. The van der Waals surface area contributed by atoms with Crippen molar-refractivity contribution >= 4 is 70.8 Å². The number of hydrogen-bond acceptors (Lipinski definition) is 11. The van der Waals surface area contributed by atoms with Gasteiger partial charge in [-0.15, -0.1) is 0 Å². The molecule has 0 aromatic heterocycles. The van der Waals surface area contributed by atoms with E-state index in [1.165, 1.54) is 12.1 Å². The Hall–Kier alpha value is -0.890. The summed E-state index contributed by atoms with van der Waals surface area (Å²) in [4.78, 5) is 6.46. The second-order valence-corrected chi connectivity index (χ2v) is 19.7. The third kappa shape index (κ3) is 11.7. The number of nitrogens with zero attached hydrogens (tertiary/aromatic N) is 3. The van der Waals surface area contributed by atoms with E-state index in [1.807, 2.05) is 67.6 Å². The maximum Gasteiger partial charge on any atom is 1.00 e. The minimum absolute atomic E-state index is 0. The van der Waals surface area contributed by atoms with Crippen LogP contribution in [0.1, 0.15) is 71.8 Å². The Kier molecular flexibility index (Phi) is 16.4. The average molecular weight is 873 g/mol. The summed E-state index contributed by atoms with van der Waals surface area (Å²) in [5.41, 5.74) is 4.37. The molecule has 288 valence electrons. The van der Waals surface area contributed by atoms with Gasteiger partial charge in [0.05, 0.1) is 41.3 Å². The second-order valence-electron chi connectivity index (χ2n) is 14.5. The van der Waals surface area contributed by atoms with Gasteiger partial charge in [-0.3, -0.25) is 0 Å². The number of halogens is 2. The van der Waals surface area contributed by atoms with E-state index in [1.54, 1.807) is 12.3 Å². The van der Waals surface area contributed by atoms with Gasteiger partial charge in [-0.2, -0.15) is 4.58 Å². The summed E-state index contributed by atoms with van der Waals surface area (Å²) in [6.07, 6.45) is 13.9. The normalized spacial score (nSPS) is 20.7. The summed E-state index contributed by atoms with van der Waals surface area (Å²) in [6.45, 7) is 8.70. The number of fused-ring (bicyclic) bond motifs is 2. The fraction of sp³-hybridized carbons (Fsp3) is 0.444. The number of hydrogen-bond donors (Lipinski definition) is 0. The fourth-order valence-corrected chi connectivity index (χ4v) is 9.18. The van der Waals surface area contributed by atoms with Crippen LogP contribution >= 0.6 is 23.2 Å². The molecule has 1 aliphatic carbocycles. The first kappa shape index (κ1) is 48.5. The van der Waals surface area contributed by atoms with Gasteiger partial charge in [-0.25, -0.2) is 30.2 Å². The van der Waals surface area contributed by atoms with Crippen LogP contribution in [0.15, 0.2) is 97.1 Å². The van der Waals surface area contributed by atoms with Gasteiger partial charge in [-0.05, 0) is 81.4 Å². The summed E-state index contributed by atoms with van der Waals surface area (Å²) in [7, 11) is -13.4. The molecule has 12 nitrogen and oxygen atoms in total. The molecule has 0 bridgehead atoms. The van der Waals surface area contributed by atoms with Gasteiger partial charge < -0.3 is 18.6 Å². The molecule has 0 N–H and O–H groups in total. The molecule has 0 amide bonds. The first-order valence-corrected chi connectivity index (χ1v) is 22.4. The summed E-state index contributed by atoms with van der Waals surface area (Å²) in [5.74, 6) is -0.215. The van der Waals surface area contributed by atoms with Gasteiger partial charge >= 0.3 is 59.1 Å². The zero-order chi connectivity index (χ0) is 39.1. The fourth-order valence-electron chi connectivity index (χ4n) is 7.02. The van der Waals surface area contributed by atoms with Crippen molar-refractivity contribution < 1.29 is 103 Å². The van der Waals surface area contributed by atoms with E-state index >= 15 is 0 Å². The number of aliphatic imine (C=N–C) groups is 1. The summed E-state index contributed by atoms with van der Waals surface area (Å²) >= 11 is 13.4. The third-order valence-corrected chi connectivity index (χ3v) is 13.0. The Bertz CT molecular complexity index is 2310. The molecule has 0 radical (unpaired) electrons. The molecule has 1 aromatic rings. The van der Waals surface area contributed by atoms with E-state index in [2.05, 4.69) is 0 Å². The smallest absolute Gasteiger partial charge is 0.748 e. The molecule has 0 spiro atoms. The second kappa shape index (κ2) is 18.6. The minimum Gasteiger partial charge on any atom is -0.748 e. The van der Waals surface area contributed by atoms with Gasteiger partial charge in [0, 0.05) is 64.4 Å². The maximum atomic E-state index is 11.9. The number of amidine groups is 1. The molecule has 55 heavy (non-hydrogen) atoms. The van der Waals surface area contributed by atoms with E-state index in [-0.39, 0.29) is 76.9 Å². The molecule has 5 rings (SSSR count). The van der Waals surface area contributed by atoms with Gasteiger partial charge in [0.25, 0.3) is 0 Å². The molecule has 0 fully saturated rings. The molecule has 19 heteroatoms. The molecule has 3 heterocycles. The van der Waals surface area contributed by atoms with Crippen molar-refractivity contribution in [2.24, 2.45) is 10.4 Å². The Morgan fingerprint density at radius 2 is 1.49 bits per heavy atom. The SMILES string of the molecule is CC1(C)C2=CC(Cl)=CN(CCCCS(=O)(=O)[O-])C2=N/C1=C/C=C1\CCC(/C=C/C2=[N+](CCCCS(=O)(=O)[O-])c3ccc(S(=O)(=O)[O-])cc3C2(C)C)=C1Cl.[Na+].[Na+]. The van der Waals surface area contributed by atoms with Crippen LogP contribution in [0.3, 0.4) is 0 Å². The zero-order valence-electron chi connectivity index (χ0n) is 31.8. The van der Waals surface area contributed by atoms with Gasteiger partial charge in [0.1, 0.15) is 22.5 Å². The Morgan fingerprint density at radius 1 is 0.855 bits per heavy atom. The Labute approximate surface area is 378 Å². The summed E-state index contributed by atoms with van der Waals surface area (Å²) < 4.78 is 104. The number of unbranched alkanes of at least 4 members (excludes halogenated alkanes) is 2.